The van der Waals surface area contributed by atoms with Crippen LogP contribution in [0.3, 0.4) is 0 Å². The number of aromatic amines is 2. The Balaban J connectivity index is 1.51. The number of H-pyrrole nitrogens is 2. The molecule has 8 nitrogen and oxygen atoms in total. The van der Waals surface area contributed by atoms with Crippen molar-refractivity contribution in [3.05, 3.63) is 48.0 Å². The van der Waals surface area contributed by atoms with Crippen molar-refractivity contribution < 1.29 is 9.47 Å². The van der Waals surface area contributed by atoms with Gasteiger partial charge in [-0.3, -0.25) is 5.10 Å². The predicted molar refractivity (Wildman–Crippen MR) is 124 cm³/mol. The number of aromatic nitrogens is 5. The molecule has 4 aromatic rings. The summed E-state index contributed by atoms with van der Waals surface area (Å²) in [4.78, 5) is 12.5. The van der Waals surface area contributed by atoms with Crippen molar-refractivity contribution in [1.82, 2.24) is 25.1 Å². The number of nitrogens with one attached hydrogen (secondary N) is 3. The Hall–Kier alpha value is -3.55. The molecule has 0 aliphatic carbocycles. The molecule has 0 spiro atoms. The average Bonchev–Trinajstić information content (AvgIpc) is 3.44. The van der Waals surface area contributed by atoms with E-state index in [2.05, 4.69) is 76.4 Å². The van der Waals surface area contributed by atoms with E-state index in [0.717, 1.165) is 50.9 Å². The van der Waals surface area contributed by atoms with Crippen molar-refractivity contribution in [2.75, 3.05) is 18.5 Å². The van der Waals surface area contributed by atoms with Crippen LogP contribution in [0.1, 0.15) is 50.9 Å². The Kier molecular flexibility index (Phi) is 5.20. The Bertz CT molecular complexity index is 1240. The van der Waals surface area contributed by atoms with Crippen LogP contribution in [-0.2, 0) is 0 Å². The largest absolute Gasteiger partial charge is 0.486 e. The Morgan fingerprint density at radius 3 is 2.59 bits per heavy atom. The highest BCUT2D eigenvalue weighted by molar-refractivity contribution is 5.91. The van der Waals surface area contributed by atoms with Gasteiger partial charge < -0.3 is 19.8 Å². The van der Waals surface area contributed by atoms with Gasteiger partial charge in [0.1, 0.15) is 31.0 Å². The van der Waals surface area contributed by atoms with Crippen molar-refractivity contribution >= 4 is 16.9 Å². The third kappa shape index (κ3) is 3.66. The molecule has 1 aromatic carbocycles. The number of hydrogen-bond acceptors (Lipinski definition) is 6. The van der Waals surface area contributed by atoms with E-state index >= 15 is 0 Å². The van der Waals surface area contributed by atoms with Crippen LogP contribution < -0.4 is 14.8 Å². The predicted octanol–water partition coefficient (Wildman–Crippen LogP) is 5.05. The average molecular weight is 433 g/mol. The van der Waals surface area contributed by atoms with Gasteiger partial charge in [-0.25, -0.2) is 9.97 Å². The third-order valence-corrected chi connectivity index (χ3v) is 5.85. The first-order chi connectivity index (χ1) is 15.5. The first-order valence-corrected chi connectivity index (χ1v) is 11.0. The zero-order valence-corrected chi connectivity index (χ0v) is 18.8. The minimum absolute atomic E-state index is 0.0439. The highest BCUT2D eigenvalue weighted by atomic mass is 16.6. The maximum Gasteiger partial charge on any atom is 0.161 e. The molecule has 5 rings (SSSR count). The van der Waals surface area contributed by atoms with Crippen LogP contribution in [0.15, 0.2) is 36.8 Å². The molecule has 1 atom stereocenters. The third-order valence-electron chi connectivity index (χ3n) is 5.85. The number of anilines is 1. The fraction of sp³-hybridized carbons (Fsp3) is 0.375. The second-order valence-electron chi connectivity index (χ2n) is 8.79. The van der Waals surface area contributed by atoms with E-state index in [1.165, 1.54) is 0 Å². The topological polar surface area (TPSA) is 101 Å². The summed E-state index contributed by atoms with van der Waals surface area (Å²) < 4.78 is 11.5. The second kappa shape index (κ2) is 8.18. The summed E-state index contributed by atoms with van der Waals surface area (Å²) >= 11 is 0. The van der Waals surface area contributed by atoms with Crippen LogP contribution in [0.5, 0.6) is 11.5 Å². The van der Waals surface area contributed by atoms with Gasteiger partial charge in [0.15, 0.2) is 11.5 Å². The number of rotatable bonds is 6. The standard InChI is InChI=1S/C24H28N6O2/c1-13(2)21(15-5-6-19-20(9-15)32-8-7-31-19)29-24-16-10-18(28-23(16)25-12-26-24)17-11-27-30-22(17)14(3)4/h5-6,9-14,21H,7-8H2,1-4H3,(H,27,30)(H2,25,26,28,29)/t21-/m1/s1. The Labute approximate surface area is 186 Å². The molecular weight excluding hydrogens is 404 g/mol. The molecule has 3 N–H and O–H groups in total. The SMILES string of the molecule is CC(C)c1[nH]ncc1-c1cc2c(N[C@@H](c3ccc4c(c3)OCCO4)C(C)C)ncnc2[nH]1. The van der Waals surface area contributed by atoms with E-state index in [1.807, 2.05) is 12.3 Å². The van der Waals surface area contributed by atoms with Crippen LogP contribution in [0, 0.1) is 5.92 Å². The zero-order valence-electron chi connectivity index (χ0n) is 18.8. The zero-order chi connectivity index (χ0) is 22.2. The lowest BCUT2D eigenvalue weighted by molar-refractivity contribution is 0.171. The van der Waals surface area contributed by atoms with E-state index in [1.54, 1.807) is 6.33 Å². The normalized spacial score (nSPS) is 14.3. The lowest BCUT2D eigenvalue weighted by Crippen LogP contribution is -2.19. The molecule has 1 aliphatic rings. The molecule has 4 heterocycles. The summed E-state index contributed by atoms with van der Waals surface area (Å²) in [6.07, 6.45) is 3.44. The monoisotopic (exact) mass is 432 g/mol. The van der Waals surface area contributed by atoms with Gasteiger partial charge in [0.2, 0.25) is 0 Å². The number of ether oxygens (including phenoxy) is 2. The number of nitrogens with zero attached hydrogens (tertiary/aromatic N) is 3. The molecule has 0 amide bonds. The van der Waals surface area contributed by atoms with Gasteiger partial charge in [-0.05, 0) is 35.6 Å². The fourth-order valence-corrected chi connectivity index (χ4v) is 4.19. The number of fused-ring (bicyclic) bond motifs is 2. The Morgan fingerprint density at radius 1 is 1.00 bits per heavy atom. The van der Waals surface area contributed by atoms with Crippen LogP contribution in [-0.4, -0.2) is 38.4 Å². The first kappa shape index (κ1) is 20.4. The molecule has 166 valence electrons. The van der Waals surface area contributed by atoms with Crippen molar-refractivity contribution in [3.8, 4) is 22.8 Å². The highest BCUT2D eigenvalue weighted by Gasteiger charge is 2.22. The molecule has 1 aliphatic heterocycles. The van der Waals surface area contributed by atoms with Gasteiger partial charge >= 0.3 is 0 Å². The minimum atomic E-state index is 0.0439. The van der Waals surface area contributed by atoms with Crippen molar-refractivity contribution in [2.24, 2.45) is 5.92 Å². The second-order valence-corrected chi connectivity index (χ2v) is 8.79. The van der Waals surface area contributed by atoms with Crippen LogP contribution in [0.2, 0.25) is 0 Å². The van der Waals surface area contributed by atoms with E-state index < -0.39 is 0 Å². The molecule has 32 heavy (non-hydrogen) atoms. The first-order valence-electron chi connectivity index (χ1n) is 11.0. The van der Waals surface area contributed by atoms with Crippen molar-refractivity contribution in [2.45, 2.75) is 39.7 Å². The molecule has 0 unspecified atom stereocenters. The van der Waals surface area contributed by atoms with E-state index in [4.69, 9.17) is 9.47 Å². The summed E-state index contributed by atoms with van der Waals surface area (Å²) in [7, 11) is 0. The van der Waals surface area contributed by atoms with Crippen LogP contribution in [0.25, 0.3) is 22.3 Å². The fourth-order valence-electron chi connectivity index (χ4n) is 4.19. The van der Waals surface area contributed by atoms with Gasteiger partial charge in [-0.1, -0.05) is 33.8 Å². The Morgan fingerprint density at radius 2 is 1.81 bits per heavy atom. The van der Waals surface area contributed by atoms with Crippen molar-refractivity contribution in [1.29, 1.82) is 0 Å². The van der Waals surface area contributed by atoms with Gasteiger partial charge in [0.05, 0.1) is 23.3 Å². The maximum atomic E-state index is 5.80. The molecule has 0 fully saturated rings. The number of benzene rings is 1. The molecule has 0 saturated carbocycles. The molecule has 0 saturated heterocycles. The summed E-state index contributed by atoms with van der Waals surface area (Å²) in [5.41, 5.74) is 5.04. The molecule has 0 radical (unpaired) electrons. The summed E-state index contributed by atoms with van der Waals surface area (Å²) in [6.45, 7) is 9.83. The van der Waals surface area contributed by atoms with Gasteiger partial charge in [-0.2, -0.15) is 5.10 Å². The van der Waals surface area contributed by atoms with Crippen LogP contribution >= 0.6 is 0 Å². The van der Waals surface area contributed by atoms with E-state index in [-0.39, 0.29) is 6.04 Å². The highest BCUT2D eigenvalue weighted by Crippen LogP contribution is 2.37. The molecular formula is C24H28N6O2. The number of hydrogen-bond donors (Lipinski definition) is 3. The van der Waals surface area contributed by atoms with Crippen molar-refractivity contribution in [3.63, 3.8) is 0 Å². The van der Waals surface area contributed by atoms with Crippen LogP contribution in [0.4, 0.5) is 5.82 Å². The smallest absolute Gasteiger partial charge is 0.161 e. The summed E-state index contributed by atoms with van der Waals surface area (Å²) in [5.74, 6) is 3.04. The maximum absolute atomic E-state index is 5.80. The minimum Gasteiger partial charge on any atom is -0.486 e. The molecule has 3 aromatic heterocycles. The quantitative estimate of drug-likeness (QED) is 0.394. The molecule has 0 bridgehead atoms. The van der Waals surface area contributed by atoms with Gasteiger partial charge in [0, 0.05) is 11.3 Å². The lowest BCUT2D eigenvalue weighted by atomic mass is 9.95. The van der Waals surface area contributed by atoms with Gasteiger partial charge in [-0.15, -0.1) is 0 Å². The van der Waals surface area contributed by atoms with Gasteiger partial charge in [0.25, 0.3) is 0 Å². The summed E-state index contributed by atoms with van der Waals surface area (Å²) in [6, 6.07) is 8.27. The lowest BCUT2D eigenvalue weighted by Gasteiger charge is -2.26. The molecule has 8 heteroatoms. The van der Waals surface area contributed by atoms with E-state index in [9.17, 15) is 0 Å². The summed E-state index contributed by atoms with van der Waals surface area (Å²) in [5, 5.41) is 11.9. The van der Waals surface area contributed by atoms with E-state index in [0.29, 0.717) is 25.0 Å².